The number of ether oxygens (including phenoxy) is 2. The zero-order valence-electron chi connectivity index (χ0n) is 15.1. The van der Waals surface area contributed by atoms with Crippen LogP contribution in [-0.4, -0.2) is 40.2 Å². The van der Waals surface area contributed by atoms with Crippen LogP contribution < -0.4 is 14.4 Å². The maximum Gasteiger partial charge on any atom is 0.302 e. The van der Waals surface area contributed by atoms with Crippen LogP contribution in [0.1, 0.15) is 17.4 Å². The van der Waals surface area contributed by atoms with Crippen molar-refractivity contribution in [1.82, 2.24) is 10.2 Å². The van der Waals surface area contributed by atoms with Gasteiger partial charge in [-0.2, -0.15) is 0 Å². The molecular formula is C19H12BrN3O6S. The predicted molar refractivity (Wildman–Crippen MR) is 109 cm³/mol. The van der Waals surface area contributed by atoms with Crippen LogP contribution in [0.15, 0.2) is 50.5 Å². The quantitative estimate of drug-likeness (QED) is 0.338. The van der Waals surface area contributed by atoms with E-state index in [0.717, 1.165) is 11.3 Å². The van der Waals surface area contributed by atoms with Gasteiger partial charge < -0.3 is 19.0 Å². The first-order valence-corrected chi connectivity index (χ1v) is 10.4. The minimum atomic E-state index is -1.00. The molecule has 0 aliphatic carbocycles. The van der Waals surface area contributed by atoms with Crippen LogP contribution in [0.3, 0.4) is 0 Å². The number of aromatic nitrogens is 2. The number of Topliss-reactive ketones (excluding diaryl/α,β-unsaturated/α-hetero) is 1. The number of aliphatic hydroxyl groups excluding tert-OH is 1. The summed E-state index contributed by atoms with van der Waals surface area (Å²) in [6.45, 7) is 0.803. The molecule has 0 spiro atoms. The number of anilines is 1. The van der Waals surface area contributed by atoms with Crippen molar-refractivity contribution in [3.8, 4) is 11.5 Å². The molecule has 2 aliphatic heterocycles. The van der Waals surface area contributed by atoms with Gasteiger partial charge in [-0.1, -0.05) is 11.3 Å². The summed E-state index contributed by atoms with van der Waals surface area (Å²) < 4.78 is 17.1. The molecule has 2 aromatic heterocycles. The second kappa shape index (κ2) is 7.26. The van der Waals surface area contributed by atoms with Gasteiger partial charge in [0.25, 0.3) is 5.78 Å². The zero-order valence-corrected chi connectivity index (χ0v) is 17.5. The molecule has 1 aromatic carbocycles. The minimum absolute atomic E-state index is 0.117. The summed E-state index contributed by atoms with van der Waals surface area (Å²) in [6, 6.07) is 7.06. The van der Waals surface area contributed by atoms with Gasteiger partial charge in [0.2, 0.25) is 5.13 Å². The van der Waals surface area contributed by atoms with E-state index in [9.17, 15) is 14.7 Å². The van der Waals surface area contributed by atoms with Crippen molar-refractivity contribution < 1.29 is 28.6 Å². The maximum absolute atomic E-state index is 12.9. The van der Waals surface area contributed by atoms with Gasteiger partial charge in [0.05, 0.1) is 5.57 Å². The number of hydrogen-bond acceptors (Lipinski definition) is 9. The molecule has 1 N–H and O–H groups in total. The van der Waals surface area contributed by atoms with E-state index in [2.05, 4.69) is 26.1 Å². The van der Waals surface area contributed by atoms with Crippen molar-refractivity contribution in [3.63, 3.8) is 0 Å². The number of amides is 1. The van der Waals surface area contributed by atoms with E-state index in [0.29, 0.717) is 34.9 Å². The van der Waals surface area contributed by atoms with Crippen LogP contribution in [-0.2, 0) is 9.59 Å². The van der Waals surface area contributed by atoms with Crippen molar-refractivity contribution in [3.05, 3.63) is 57.4 Å². The fraction of sp³-hybridized carbons (Fsp3) is 0.158. The van der Waals surface area contributed by atoms with Gasteiger partial charge in [0.15, 0.2) is 16.2 Å². The van der Waals surface area contributed by atoms with Crippen LogP contribution in [0.4, 0.5) is 5.13 Å². The molecule has 5 rings (SSSR count). The first-order valence-electron chi connectivity index (χ1n) is 8.77. The molecular weight excluding hydrogens is 478 g/mol. The van der Waals surface area contributed by atoms with E-state index in [1.54, 1.807) is 30.3 Å². The molecule has 2 aliphatic rings. The molecule has 0 bridgehead atoms. The van der Waals surface area contributed by atoms with Gasteiger partial charge in [-0.15, -0.1) is 10.2 Å². The first kappa shape index (κ1) is 18.8. The smallest absolute Gasteiger partial charge is 0.302 e. The Labute approximate surface area is 181 Å². The summed E-state index contributed by atoms with van der Waals surface area (Å²) in [4.78, 5) is 27.0. The Morgan fingerprint density at radius 2 is 1.97 bits per heavy atom. The SMILES string of the molecule is O=C1C(=O)N(c2nncs2)C(c2ccc(Br)o2)/C1=C(\O)c1ccc2c(c1)OCCO2. The molecule has 1 atom stereocenters. The fourth-order valence-electron chi connectivity index (χ4n) is 3.39. The molecule has 152 valence electrons. The summed E-state index contributed by atoms with van der Waals surface area (Å²) in [7, 11) is 0. The van der Waals surface area contributed by atoms with Crippen molar-refractivity contribution in [2.24, 2.45) is 0 Å². The van der Waals surface area contributed by atoms with Crippen LogP contribution in [0.25, 0.3) is 5.76 Å². The van der Waals surface area contributed by atoms with Gasteiger partial charge in [0, 0.05) is 5.56 Å². The molecule has 4 heterocycles. The Kier molecular flexibility index (Phi) is 4.55. The Morgan fingerprint density at radius 1 is 1.17 bits per heavy atom. The molecule has 1 unspecified atom stereocenters. The number of benzene rings is 1. The second-order valence-electron chi connectivity index (χ2n) is 6.39. The van der Waals surface area contributed by atoms with Crippen LogP contribution in [0.2, 0.25) is 0 Å². The van der Waals surface area contributed by atoms with Gasteiger partial charge in [0.1, 0.15) is 36.3 Å². The molecule has 30 heavy (non-hydrogen) atoms. The van der Waals surface area contributed by atoms with E-state index < -0.39 is 17.7 Å². The lowest BCUT2D eigenvalue weighted by Crippen LogP contribution is -2.29. The number of nitrogens with zero attached hydrogens (tertiary/aromatic N) is 3. The third kappa shape index (κ3) is 2.97. The standard InChI is InChI=1S/C19H12BrN3O6S/c20-13-4-3-11(29-13)15-14(17(25)18(26)23(15)19-22-21-8-30-19)16(24)9-1-2-10-12(7-9)28-6-5-27-10/h1-4,7-8,15,24H,5-6H2/b16-14+. The lowest BCUT2D eigenvalue weighted by atomic mass is 9.99. The summed E-state index contributed by atoms with van der Waals surface area (Å²) in [6.07, 6.45) is 0. The highest BCUT2D eigenvalue weighted by atomic mass is 79.9. The fourth-order valence-corrected chi connectivity index (χ4v) is 4.30. The first-order chi connectivity index (χ1) is 14.5. The molecule has 1 saturated heterocycles. The molecule has 3 aromatic rings. The van der Waals surface area contributed by atoms with E-state index in [-0.39, 0.29) is 22.2 Å². The van der Waals surface area contributed by atoms with Crippen molar-refractivity contribution in [1.29, 1.82) is 0 Å². The molecule has 1 fully saturated rings. The Balaban J connectivity index is 1.68. The van der Waals surface area contributed by atoms with Crippen LogP contribution >= 0.6 is 27.3 Å². The number of ketones is 1. The van der Waals surface area contributed by atoms with Gasteiger partial charge in [-0.05, 0) is 46.3 Å². The number of halogens is 1. The van der Waals surface area contributed by atoms with Crippen LogP contribution in [0.5, 0.6) is 11.5 Å². The average molecular weight is 490 g/mol. The highest BCUT2D eigenvalue weighted by Gasteiger charge is 2.49. The van der Waals surface area contributed by atoms with Gasteiger partial charge in [-0.3, -0.25) is 14.5 Å². The van der Waals surface area contributed by atoms with E-state index in [4.69, 9.17) is 13.9 Å². The lowest BCUT2D eigenvalue weighted by molar-refractivity contribution is -0.132. The number of rotatable bonds is 3. The molecule has 11 heteroatoms. The number of hydrogen-bond donors (Lipinski definition) is 1. The van der Waals surface area contributed by atoms with E-state index >= 15 is 0 Å². The Bertz CT molecular complexity index is 1190. The number of carbonyl (C=O) groups is 2. The Morgan fingerprint density at radius 3 is 2.67 bits per heavy atom. The third-order valence-electron chi connectivity index (χ3n) is 4.68. The van der Waals surface area contributed by atoms with Crippen molar-refractivity contribution in [2.45, 2.75) is 6.04 Å². The highest BCUT2D eigenvalue weighted by Crippen LogP contribution is 2.44. The summed E-state index contributed by atoms with van der Waals surface area (Å²) in [5.74, 6) is -0.761. The van der Waals surface area contributed by atoms with Gasteiger partial charge >= 0.3 is 5.91 Å². The topological polar surface area (TPSA) is 115 Å². The second-order valence-corrected chi connectivity index (χ2v) is 7.98. The molecule has 9 nitrogen and oxygen atoms in total. The van der Waals surface area contributed by atoms with E-state index in [1.165, 1.54) is 10.4 Å². The largest absolute Gasteiger partial charge is 0.507 e. The van der Waals surface area contributed by atoms with Crippen molar-refractivity contribution in [2.75, 3.05) is 18.1 Å². The van der Waals surface area contributed by atoms with E-state index in [1.807, 2.05) is 0 Å². The molecule has 1 amide bonds. The summed E-state index contributed by atoms with van der Waals surface area (Å²) >= 11 is 4.33. The predicted octanol–water partition coefficient (Wildman–Crippen LogP) is 3.29. The highest BCUT2D eigenvalue weighted by molar-refractivity contribution is 9.10. The number of carbonyl (C=O) groups excluding carboxylic acids is 2. The number of furan rings is 1. The number of fused-ring (bicyclic) bond motifs is 1. The number of aliphatic hydroxyl groups is 1. The van der Waals surface area contributed by atoms with Crippen molar-refractivity contribution >= 4 is 49.8 Å². The zero-order chi connectivity index (χ0) is 20.8. The summed E-state index contributed by atoms with van der Waals surface area (Å²) in [5.41, 5.74) is 1.64. The third-order valence-corrected chi connectivity index (χ3v) is 5.79. The monoisotopic (exact) mass is 489 g/mol. The minimum Gasteiger partial charge on any atom is -0.507 e. The molecule has 0 saturated carbocycles. The van der Waals surface area contributed by atoms with Crippen LogP contribution in [0, 0.1) is 0 Å². The Hall–Kier alpha value is -3.18. The molecule has 0 radical (unpaired) electrons. The van der Waals surface area contributed by atoms with Gasteiger partial charge in [-0.25, -0.2) is 0 Å². The average Bonchev–Trinajstić information content (AvgIpc) is 3.48. The lowest BCUT2D eigenvalue weighted by Gasteiger charge is -2.21. The maximum atomic E-state index is 12.9. The summed E-state index contributed by atoms with van der Waals surface area (Å²) in [5, 5.41) is 18.9. The normalized spacial score (nSPS) is 20.0.